The number of hydrogen-bond acceptors (Lipinski definition) is 2. The van der Waals surface area contributed by atoms with Crippen molar-refractivity contribution in [2.24, 2.45) is 0 Å². The maximum Gasteiger partial charge on any atom is 0.253 e. The van der Waals surface area contributed by atoms with Gasteiger partial charge in [0.1, 0.15) is 0 Å². The fourth-order valence-electron chi connectivity index (χ4n) is 1.07. The molecule has 0 aliphatic carbocycles. The number of amides is 1. The predicted octanol–water partition coefficient (Wildman–Crippen LogP) is 2.46. The van der Waals surface area contributed by atoms with E-state index < -0.39 is 0 Å². The van der Waals surface area contributed by atoms with Crippen LogP contribution in [0.2, 0.25) is 0 Å². The minimum atomic E-state index is 0.0251. The second-order valence-electron chi connectivity index (χ2n) is 3.03. The first-order chi connectivity index (χ1) is 7.15. The van der Waals surface area contributed by atoms with E-state index in [0.717, 1.165) is 5.69 Å². The molecule has 0 aliphatic rings. The zero-order chi connectivity index (χ0) is 11.8. The molecule has 3 nitrogen and oxygen atoms in total. The van der Waals surface area contributed by atoms with E-state index in [2.05, 4.69) is 5.32 Å². The van der Waals surface area contributed by atoms with Crippen LogP contribution in [0.25, 0.3) is 0 Å². The average molecular weight is 208 g/mol. The van der Waals surface area contributed by atoms with Crippen molar-refractivity contribution in [3.8, 4) is 0 Å². The SMILES string of the molecule is CC.CNc1cccc(C(=O)N(C)C)c1. The zero-order valence-electron chi connectivity index (χ0n) is 10.2. The molecule has 0 fully saturated rings. The van der Waals surface area contributed by atoms with Gasteiger partial charge in [-0.3, -0.25) is 4.79 Å². The summed E-state index contributed by atoms with van der Waals surface area (Å²) in [6.45, 7) is 4.00. The van der Waals surface area contributed by atoms with Crippen LogP contribution in [0.3, 0.4) is 0 Å². The summed E-state index contributed by atoms with van der Waals surface area (Å²) < 4.78 is 0. The normalized spacial score (nSPS) is 8.60. The minimum Gasteiger partial charge on any atom is -0.388 e. The summed E-state index contributed by atoms with van der Waals surface area (Å²) in [6.07, 6.45) is 0. The fraction of sp³-hybridized carbons (Fsp3) is 0.417. The number of nitrogens with zero attached hydrogens (tertiary/aromatic N) is 1. The molecule has 1 amide bonds. The van der Waals surface area contributed by atoms with Crippen molar-refractivity contribution in [1.29, 1.82) is 0 Å². The molecule has 0 heterocycles. The van der Waals surface area contributed by atoms with Gasteiger partial charge in [-0.05, 0) is 18.2 Å². The molecule has 0 radical (unpaired) electrons. The number of carbonyl (C=O) groups excluding carboxylic acids is 1. The average Bonchev–Trinajstić information content (AvgIpc) is 2.30. The second kappa shape index (κ2) is 6.87. The first-order valence-corrected chi connectivity index (χ1v) is 5.14. The maximum atomic E-state index is 11.5. The highest BCUT2D eigenvalue weighted by molar-refractivity contribution is 5.94. The number of nitrogens with one attached hydrogen (secondary N) is 1. The van der Waals surface area contributed by atoms with Crippen LogP contribution in [0.5, 0.6) is 0 Å². The first kappa shape index (κ1) is 13.5. The van der Waals surface area contributed by atoms with Gasteiger partial charge in [-0.15, -0.1) is 0 Å². The molecule has 0 spiro atoms. The van der Waals surface area contributed by atoms with E-state index >= 15 is 0 Å². The lowest BCUT2D eigenvalue weighted by Gasteiger charge is -2.10. The molecule has 0 saturated carbocycles. The molecule has 0 bridgehead atoms. The van der Waals surface area contributed by atoms with Crippen LogP contribution >= 0.6 is 0 Å². The Morgan fingerprint density at radius 3 is 2.33 bits per heavy atom. The molecule has 0 unspecified atom stereocenters. The van der Waals surface area contributed by atoms with E-state index in [4.69, 9.17) is 0 Å². The number of rotatable bonds is 2. The quantitative estimate of drug-likeness (QED) is 0.809. The standard InChI is InChI=1S/C10H14N2O.C2H6/c1-11-9-6-4-5-8(7-9)10(13)12(2)3;1-2/h4-7,11H,1-3H3;1-2H3. The van der Waals surface area contributed by atoms with Gasteiger partial charge in [0.25, 0.3) is 5.91 Å². The smallest absolute Gasteiger partial charge is 0.253 e. The third-order valence-corrected chi connectivity index (χ3v) is 1.80. The van der Waals surface area contributed by atoms with Crippen LogP contribution < -0.4 is 5.32 Å². The molecular formula is C12H20N2O. The highest BCUT2D eigenvalue weighted by Gasteiger charge is 2.06. The summed E-state index contributed by atoms with van der Waals surface area (Å²) in [7, 11) is 5.32. The summed E-state index contributed by atoms with van der Waals surface area (Å²) in [4.78, 5) is 13.1. The molecule has 1 aromatic carbocycles. The molecule has 0 atom stereocenters. The molecule has 3 heteroatoms. The van der Waals surface area contributed by atoms with Crippen molar-refractivity contribution in [3.05, 3.63) is 29.8 Å². The summed E-state index contributed by atoms with van der Waals surface area (Å²) >= 11 is 0. The Hall–Kier alpha value is -1.51. The molecular weight excluding hydrogens is 188 g/mol. The number of hydrogen-bond donors (Lipinski definition) is 1. The third kappa shape index (κ3) is 4.02. The van der Waals surface area contributed by atoms with Crippen molar-refractivity contribution in [2.75, 3.05) is 26.5 Å². The van der Waals surface area contributed by atoms with Crippen LogP contribution in [0, 0.1) is 0 Å². The van der Waals surface area contributed by atoms with E-state index in [9.17, 15) is 4.79 Å². The summed E-state index contributed by atoms with van der Waals surface area (Å²) in [6, 6.07) is 7.43. The molecule has 15 heavy (non-hydrogen) atoms. The summed E-state index contributed by atoms with van der Waals surface area (Å²) in [5, 5.41) is 2.99. The monoisotopic (exact) mass is 208 g/mol. The topological polar surface area (TPSA) is 32.3 Å². The number of carbonyl (C=O) groups is 1. The molecule has 1 N–H and O–H groups in total. The Bertz CT molecular complexity index is 308. The Balaban J connectivity index is 0.000000921. The number of anilines is 1. The van der Waals surface area contributed by atoms with Crippen molar-refractivity contribution >= 4 is 11.6 Å². The van der Waals surface area contributed by atoms with Gasteiger partial charge >= 0.3 is 0 Å². The highest BCUT2D eigenvalue weighted by atomic mass is 16.2. The van der Waals surface area contributed by atoms with Crippen LogP contribution in [-0.4, -0.2) is 32.0 Å². The van der Waals surface area contributed by atoms with Crippen LogP contribution in [0.15, 0.2) is 24.3 Å². The van der Waals surface area contributed by atoms with Gasteiger partial charge in [0.05, 0.1) is 0 Å². The fourth-order valence-corrected chi connectivity index (χ4v) is 1.07. The lowest BCUT2D eigenvalue weighted by Crippen LogP contribution is -2.21. The van der Waals surface area contributed by atoms with Gasteiger partial charge in [0, 0.05) is 32.4 Å². The van der Waals surface area contributed by atoms with Gasteiger partial charge in [0.2, 0.25) is 0 Å². The lowest BCUT2D eigenvalue weighted by atomic mass is 10.2. The molecule has 0 aromatic heterocycles. The Labute approximate surface area is 92.1 Å². The van der Waals surface area contributed by atoms with E-state index in [1.54, 1.807) is 19.0 Å². The van der Waals surface area contributed by atoms with E-state index in [1.807, 2.05) is 45.2 Å². The molecule has 1 aromatic rings. The van der Waals surface area contributed by atoms with Crippen LogP contribution in [0.1, 0.15) is 24.2 Å². The van der Waals surface area contributed by atoms with Gasteiger partial charge in [0.15, 0.2) is 0 Å². The first-order valence-electron chi connectivity index (χ1n) is 5.14. The zero-order valence-corrected chi connectivity index (χ0v) is 10.2. The van der Waals surface area contributed by atoms with Crippen LogP contribution in [0.4, 0.5) is 5.69 Å². The van der Waals surface area contributed by atoms with Gasteiger partial charge in [-0.25, -0.2) is 0 Å². The van der Waals surface area contributed by atoms with E-state index in [-0.39, 0.29) is 5.91 Å². The van der Waals surface area contributed by atoms with Crippen molar-refractivity contribution in [1.82, 2.24) is 4.90 Å². The minimum absolute atomic E-state index is 0.0251. The Morgan fingerprint density at radius 2 is 1.87 bits per heavy atom. The maximum absolute atomic E-state index is 11.5. The molecule has 0 saturated heterocycles. The van der Waals surface area contributed by atoms with E-state index in [0.29, 0.717) is 5.56 Å². The largest absolute Gasteiger partial charge is 0.388 e. The molecule has 84 valence electrons. The molecule has 0 aliphatic heterocycles. The highest BCUT2D eigenvalue weighted by Crippen LogP contribution is 2.10. The predicted molar refractivity (Wildman–Crippen MR) is 65.4 cm³/mol. The van der Waals surface area contributed by atoms with Crippen molar-refractivity contribution in [3.63, 3.8) is 0 Å². The van der Waals surface area contributed by atoms with Gasteiger partial charge in [-0.2, -0.15) is 0 Å². The Morgan fingerprint density at radius 1 is 1.27 bits per heavy atom. The summed E-state index contributed by atoms with van der Waals surface area (Å²) in [5.74, 6) is 0.0251. The lowest BCUT2D eigenvalue weighted by molar-refractivity contribution is 0.0827. The molecule has 1 rings (SSSR count). The van der Waals surface area contributed by atoms with E-state index in [1.165, 1.54) is 0 Å². The van der Waals surface area contributed by atoms with Crippen molar-refractivity contribution < 1.29 is 4.79 Å². The Kier molecular flexibility index (Phi) is 6.18. The van der Waals surface area contributed by atoms with Crippen molar-refractivity contribution in [2.45, 2.75) is 13.8 Å². The number of benzene rings is 1. The van der Waals surface area contributed by atoms with Gasteiger partial charge in [-0.1, -0.05) is 19.9 Å². The second-order valence-corrected chi connectivity index (χ2v) is 3.03. The third-order valence-electron chi connectivity index (χ3n) is 1.80. The van der Waals surface area contributed by atoms with Crippen LogP contribution in [-0.2, 0) is 0 Å². The van der Waals surface area contributed by atoms with Gasteiger partial charge < -0.3 is 10.2 Å². The summed E-state index contributed by atoms with van der Waals surface area (Å²) in [5.41, 5.74) is 1.66.